The molecule has 9 heteroatoms. The highest BCUT2D eigenvalue weighted by atomic mass is 35.5. The third kappa shape index (κ3) is 3.90. The number of aromatic nitrogens is 2. The minimum absolute atomic E-state index is 0.192. The first-order chi connectivity index (χ1) is 14.8. The number of aliphatic hydroxyl groups is 1. The molecule has 0 radical (unpaired) electrons. The minimum atomic E-state index is -4.90. The summed E-state index contributed by atoms with van der Waals surface area (Å²) >= 11 is 6.03. The molecule has 3 unspecified atom stereocenters. The fourth-order valence-corrected chi connectivity index (χ4v) is 4.71. The second-order valence-electron chi connectivity index (χ2n) is 9.26. The van der Waals surface area contributed by atoms with Gasteiger partial charge in [0.25, 0.3) is 0 Å². The topological polar surface area (TPSA) is 78.1 Å². The molecule has 3 heterocycles. The van der Waals surface area contributed by atoms with E-state index in [1.54, 1.807) is 32.0 Å². The van der Waals surface area contributed by atoms with Crippen LogP contribution in [0.3, 0.4) is 0 Å². The highest BCUT2D eigenvalue weighted by Crippen LogP contribution is 2.50. The minimum Gasteiger partial charge on any atom is -0.489 e. The van der Waals surface area contributed by atoms with E-state index in [0.717, 1.165) is 5.56 Å². The molecule has 3 atom stereocenters. The van der Waals surface area contributed by atoms with Crippen LogP contribution in [0, 0.1) is 5.41 Å². The Morgan fingerprint density at radius 1 is 1.25 bits per heavy atom. The van der Waals surface area contributed by atoms with Gasteiger partial charge in [0.05, 0.1) is 5.52 Å². The molecule has 3 N–H and O–H groups in total. The number of rotatable bonds is 5. The average Bonchev–Trinajstić information content (AvgIpc) is 3.29. The zero-order valence-corrected chi connectivity index (χ0v) is 18.6. The largest absolute Gasteiger partial charge is 0.489 e. The van der Waals surface area contributed by atoms with Crippen LogP contribution in [0.1, 0.15) is 44.4 Å². The van der Waals surface area contributed by atoms with Crippen LogP contribution in [0.25, 0.3) is 10.9 Å². The number of fused-ring (bicyclic) bond motifs is 2. The maximum absolute atomic E-state index is 14.3. The van der Waals surface area contributed by atoms with Gasteiger partial charge in [-0.05, 0) is 36.2 Å². The first-order valence-corrected chi connectivity index (χ1v) is 10.6. The van der Waals surface area contributed by atoms with Crippen LogP contribution < -0.4 is 10.3 Å². The fourth-order valence-electron chi connectivity index (χ4n) is 4.52. The van der Waals surface area contributed by atoms with Crippen molar-refractivity contribution in [2.45, 2.75) is 57.4 Å². The van der Waals surface area contributed by atoms with Gasteiger partial charge in [-0.3, -0.25) is 4.79 Å². The number of halogens is 4. The number of H-pyrrole nitrogens is 2. The smallest absolute Gasteiger partial charge is 0.417 e. The molecule has 0 fully saturated rings. The van der Waals surface area contributed by atoms with Crippen molar-refractivity contribution in [3.05, 3.63) is 63.2 Å². The first kappa shape index (κ1) is 22.7. The van der Waals surface area contributed by atoms with Crippen molar-refractivity contribution in [2.75, 3.05) is 0 Å². The summed E-state index contributed by atoms with van der Waals surface area (Å²) in [6.45, 7) is 4.66. The lowest BCUT2D eigenvalue weighted by Crippen LogP contribution is -2.54. The molecule has 0 spiro atoms. The van der Waals surface area contributed by atoms with Crippen molar-refractivity contribution in [3.63, 3.8) is 0 Å². The summed E-state index contributed by atoms with van der Waals surface area (Å²) in [7, 11) is 0. The molecular formula is C23H24ClF3N2O3. The summed E-state index contributed by atoms with van der Waals surface area (Å²) in [6, 6.07) is 7.92. The van der Waals surface area contributed by atoms with Gasteiger partial charge in [-0.15, -0.1) is 0 Å². The molecule has 4 rings (SSSR count). The van der Waals surface area contributed by atoms with Gasteiger partial charge in [-0.25, -0.2) is 0 Å². The molecule has 1 aliphatic heterocycles. The van der Waals surface area contributed by atoms with Gasteiger partial charge >= 0.3 is 6.18 Å². The van der Waals surface area contributed by atoms with Crippen molar-refractivity contribution < 1.29 is 23.0 Å². The number of nitrogens with one attached hydrogen (secondary N) is 2. The highest BCUT2D eigenvalue weighted by molar-refractivity contribution is 6.30. The zero-order valence-electron chi connectivity index (χ0n) is 17.8. The monoisotopic (exact) mass is 468 g/mol. The van der Waals surface area contributed by atoms with Gasteiger partial charge < -0.3 is 19.8 Å². The maximum Gasteiger partial charge on any atom is 0.417 e. The summed E-state index contributed by atoms with van der Waals surface area (Å²) in [6.07, 6.45) is -4.20. The van der Waals surface area contributed by atoms with E-state index in [4.69, 9.17) is 16.3 Å². The van der Waals surface area contributed by atoms with Gasteiger partial charge in [0.1, 0.15) is 11.9 Å². The van der Waals surface area contributed by atoms with E-state index in [0.29, 0.717) is 28.1 Å². The average molecular weight is 469 g/mol. The highest BCUT2D eigenvalue weighted by Gasteiger charge is 2.60. The number of hydrogen-bond acceptors (Lipinski definition) is 3. The molecule has 0 saturated carbocycles. The lowest BCUT2D eigenvalue weighted by molar-refractivity contribution is -0.280. The Morgan fingerprint density at radius 3 is 2.66 bits per heavy atom. The first-order valence-electron chi connectivity index (χ1n) is 10.3. The van der Waals surface area contributed by atoms with Gasteiger partial charge in [-0.1, -0.05) is 32.4 Å². The summed E-state index contributed by atoms with van der Waals surface area (Å²) in [5, 5.41) is 12.2. The number of hydrogen-bond donors (Lipinski definition) is 3. The molecule has 1 aromatic carbocycles. The predicted octanol–water partition coefficient (Wildman–Crippen LogP) is 5.33. The molecule has 0 amide bonds. The van der Waals surface area contributed by atoms with Gasteiger partial charge in [0.15, 0.2) is 5.60 Å². The Labute approximate surface area is 187 Å². The molecule has 2 aromatic heterocycles. The summed E-state index contributed by atoms with van der Waals surface area (Å²) in [5.74, 6) is -0.723. The quantitative estimate of drug-likeness (QED) is 0.474. The van der Waals surface area contributed by atoms with Crippen LogP contribution >= 0.6 is 11.6 Å². The van der Waals surface area contributed by atoms with Gasteiger partial charge in [0, 0.05) is 46.1 Å². The van der Waals surface area contributed by atoms with Crippen LogP contribution in [0.2, 0.25) is 5.02 Å². The number of benzene rings is 1. The van der Waals surface area contributed by atoms with Crippen molar-refractivity contribution in [2.24, 2.45) is 5.41 Å². The van der Waals surface area contributed by atoms with Crippen LogP contribution in [0.5, 0.6) is 5.75 Å². The van der Waals surface area contributed by atoms with Crippen molar-refractivity contribution >= 4 is 22.5 Å². The van der Waals surface area contributed by atoms with E-state index in [9.17, 15) is 23.1 Å². The lowest BCUT2D eigenvalue weighted by Gasteiger charge is -2.43. The SMILES string of the molecule is CC(c1cc2c[nH]c(=O)cc2[nH]1)C(O)(CC(C)(C)C1Cc2cc(Cl)ccc2O1)C(F)(F)F. The molecule has 0 bridgehead atoms. The summed E-state index contributed by atoms with van der Waals surface area (Å²) in [5.41, 5.74) is -2.99. The van der Waals surface area contributed by atoms with Crippen molar-refractivity contribution in [1.29, 1.82) is 0 Å². The second kappa shape index (κ2) is 7.56. The lowest BCUT2D eigenvalue weighted by atomic mass is 9.70. The Hall–Kier alpha value is -2.45. The molecule has 32 heavy (non-hydrogen) atoms. The van der Waals surface area contributed by atoms with E-state index in [1.165, 1.54) is 25.3 Å². The number of aromatic amines is 2. The van der Waals surface area contributed by atoms with Crippen molar-refractivity contribution in [3.8, 4) is 5.75 Å². The zero-order chi connectivity index (χ0) is 23.5. The molecule has 5 nitrogen and oxygen atoms in total. The van der Waals surface area contributed by atoms with Crippen molar-refractivity contribution in [1.82, 2.24) is 9.97 Å². The third-order valence-corrected chi connectivity index (χ3v) is 6.75. The predicted molar refractivity (Wildman–Crippen MR) is 116 cm³/mol. The Morgan fingerprint density at radius 2 is 1.97 bits per heavy atom. The summed E-state index contributed by atoms with van der Waals surface area (Å²) < 4.78 is 48.9. The van der Waals surface area contributed by atoms with Gasteiger partial charge in [-0.2, -0.15) is 13.2 Å². The standard InChI is InChI=1S/C23H24ClF3N2O3/c1-12(16-7-14-10-28-20(30)9-17(14)29-16)22(31,23(25,26)27)11-21(2,3)19-8-13-6-15(24)4-5-18(13)32-19/h4-7,9-10,12,19,29,31H,8,11H2,1-3H3,(H,28,30). The van der Waals surface area contributed by atoms with E-state index in [1.807, 2.05) is 0 Å². The Balaban J connectivity index is 1.65. The van der Waals surface area contributed by atoms with E-state index < -0.39 is 35.6 Å². The van der Waals surface area contributed by atoms with E-state index >= 15 is 0 Å². The van der Waals surface area contributed by atoms with E-state index in [-0.39, 0.29) is 11.3 Å². The third-order valence-electron chi connectivity index (χ3n) is 6.51. The summed E-state index contributed by atoms with van der Waals surface area (Å²) in [4.78, 5) is 16.9. The molecule has 0 aliphatic carbocycles. The van der Waals surface area contributed by atoms with Gasteiger partial charge in [0.2, 0.25) is 5.56 Å². The molecule has 172 valence electrons. The van der Waals surface area contributed by atoms with E-state index in [2.05, 4.69) is 9.97 Å². The maximum atomic E-state index is 14.3. The number of pyridine rings is 1. The normalized spacial score (nSPS) is 19.4. The number of ether oxygens (including phenoxy) is 1. The number of alkyl halides is 3. The Kier molecular flexibility index (Phi) is 5.37. The van der Waals surface area contributed by atoms with Crippen LogP contribution in [0.15, 0.2) is 41.3 Å². The Bertz CT molecular complexity index is 1220. The van der Waals surface area contributed by atoms with Crippen LogP contribution in [0.4, 0.5) is 13.2 Å². The molecule has 0 saturated heterocycles. The molecule has 3 aromatic rings. The second-order valence-corrected chi connectivity index (χ2v) is 9.70. The van der Waals surface area contributed by atoms with Crippen LogP contribution in [-0.2, 0) is 6.42 Å². The fraction of sp³-hybridized carbons (Fsp3) is 0.435. The molecule has 1 aliphatic rings. The van der Waals surface area contributed by atoms with Crippen LogP contribution in [-0.4, -0.2) is 33.0 Å². The molecular weight excluding hydrogens is 445 g/mol.